The summed E-state index contributed by atoms with van der Waals surface area (Å²) in [5, 5.41) is 3.53. The van der Waals surface area contributed by atoms with Crippen LogP contribution >= 0.6 is 22.9 Å². The van der Waals surface area contributed by atoms with Gasteiger partial charge in [0, 0.05) is 24.0 Å². The third-order valence-electron chi connectivity index (χ3n) is 3.18. The van der Waals surface area contributed by atoms with Gasteiger partial charge in [0.2, 0.25) is 0 Å². The van der Waals surface area contributed by atoms with Crippen molar-refractivity contribution >= 4 is 22.9 Å². The van der Waals surface area contributed by atoms with Gasteiger partial charge in [0.25, 0.3) is 0 Å². The van der Waals surface area contributed by atoms with Gasteiger partial charge in [-0.25, -0.2) is 0 Å². The second-order valence-corrected chi connectivity index (χ2v) is 6.68. The average molecular weight is 289 g/mol. The van der Waals surface area contributed by atoms with Crippen LogP contribution in [-0.4, -0.2) is 31.1 Å². The lowest BCUT2D eigenvalue weighted by Crippen LogP contribution is -2.37. The fourth-order valence-electron chi connectivity index (χ4n) is 1.81. The SMILES string of the molecule is CCCCCNCC(C)N(C)Cc1ccc(Cl)s1. The fraction of sp³-hybridized carbons (Fsp3) is 0.714. The van der Waals surface area contributed by atoms with E-state index in [1.54, 1.807) is 11.3 Å². The van der Waals surface area contributed by atoms with Crippen LogP contribution in [0.1, 0.15) is 38.0 Å². The Morgan fingerprint density at radius 2 is 2.17 bits per heavy atom. The standard InChI is InChI=1S/C14H25ClN2S/c1-4-5-6-9-16-10-12(2)17(3)11-13-7-8-14(15)18-13/h7-8,12,16H,4-6,9-11H2,1-3H3. The summed E-state index contributed by atoms with van der Waals surface area (Å²) in [6, 6.07) is 4.64. The normalized spacial score (nSPS) is 13.2. The molecule has 0 aliphatic carbocycles. The molecule has 0 aliphatic rings. The molecule has 0 aliphatic heterocycles. The van der Waals surface area contributed by atoms with Crippen molar-refractivity contribution < 1.29 is 0 Å². The summed E-state index contributed by atoms with van der Waals surface area (Å²) in [5.41, 5.74) is 0. The van der Waals surface area contributed by atoms with E-state index in [1.165, 1.54) is 24.1 Å². The first-order chi connectivity index (χ1) is 8.63. The number of thiophene rings is 1. The smallest absolute Gasteiger partial charge is 0.0931 e. The molecule has 1 rings (SSSR count). The van der Waals surface area contributed by atoms with Crippen molar-refractivity contribution in [3.63, 3.8) is 0 Å². The molecule has 4 heteroatoms. The van der Waals surface area contributed by atoms with Crippen LogP contribution in [0.25, 0.3) is 0 Å². The topological polar surface area (TPSA) is 15.3 Å². The predicted molar refractivity (Wildman–Crippen MR) is 82.7 cm³/mol. The Morgan fingerprint density at radius 1 is 1.39 bits per heavy atom. The van der Waals surface area contributed by atoms with Gasteiger partial charge in [-0.05, 0) is 39.1 Å². The lowest BCUT2D eigenvalue weighted by molar-refractivity contribution is 0.245. The molecule has 104 valence electrons. The van der Waals surface area contributed by atoms with Crippen molar-refractivity contribution in [2.45, 2.75) is 45.7 Å². The van der Waals surface area contributed by atoms with Crippen LogP contribution in [-0.2, 0) is 6.54 Å². The molecule has 18 heavy (non-hydrogen) atoms. The molecule has 1 heterocycles. The number of nitrogens with zero attached hydrogens (tertiary/aromatic N) is 1. The maximum Gasteiger partial charge on any atom is 0.0931 e. The second kappa shape index (κ2) is 8.92. The molecule has 0 fully saturated rings. The van der Waals surface area contributed by atoms with Crippen LogP contribution < -0.4 is 5.32 Å². The molecule has 1 aromatic heterocycles. The molecule has 0 saturated heterocycles. The first-order valence-electron chi connectivity index (χ1n) is 6.78. The summed E-state index contributed by atoms with van der Waals surface area (Å²) in [4.78, 5) is 3.70. The maximum atomic E-state index is 5.94. The minimum absolute atomic E-state index is 0.549. The Hall–Kier alpha value is -0.0900. The van der Waals surface area contributed by atoms with Crippen molar-refractivity contribution in [2.75, 3.05) is 20.1 Å². The van der Waals surface area contributed by atoms with E-state index in [0.717, 1.165) is 24.0 Å². The van der Waals surface area contributed by atoms with Gasteiger partial charge in [0.05, 0.1) is 4.34 Å². The van der Waals surface area contributed by atoms with Gasteiger partial charge < -0.3 is 5.32 Å². The Balaban J connectivity index is 2.18. The van der Waals surface area contributed by atoms with Crippen LogP contribution in [0.4, 0.5) is 0 Å². The Kier molecular flexibility index (Phi) is 7.91. The van der Waals surface area contributed by atoms with E-state index in [-0.39, 0.29) is 0 Å². The molecule has 0 saturated carbocycles. The van der Waals surface area contributed by atoms with Crippen LogP contribution in [0.5, 0.6) is 0 Å². The first-order valence-corrected chi connectivity index (χ1v) is 7.98. The average Bonchev–Trinajstić information content (AvgIpc) is 2.74. The number of halogens is 1. The molecular formula is C14H25ClN2S. The van der Waals surface area contributed by atoms with Gasteiger partial charge in [-0.15, -0.1) is 11.3 Å². The van der Waals surface area contributed by atoms with Crippen molar-refractivity contribution in [1.82, 2.24) is 10.2 Å². The number of hydrogen-bond donors (Lipinski definition) is 1. The highest BCUT2D eigenvalue weighted by Crippen LogP contribution is 2.22. The van der Waals surface area contributed by atoms with E-state index in [1.807, 2.05) is 6.07 Å². The number of likely N-dealkylation sites (N-methyl/N-ethyl adjacent to an activating group) is 1. The maximum absolute atomic E-state index is 5.94. The van der Waals surface area contributed by atoms with Gasteiger partial charge >= 0.3 is 0 Å². The van der Waals surface area contributed by atoms with E-state index in [0.29, 0.717) is 6.04 Å². The monoisotopic (exact) mass is 288 g/mol. The summed E-state index contributed by atoms with van der Waals surface area (Å²) in [5.74, 6) is 0. The number of unbranched alkanes of at least 4 members (excludes halogenated alkanes) is 2. The van der Waals surface area contributed by atoms with Gasteiger partial charge in [-0.1, -0.05) is 31.4 Å². The summed E-state index contributed by atoms with van der Waals surface area (Å²) < 4.78 is 0.878. The van der Waals surface area contributed by atoms with Crippen LogP contribution in [0.3, 0.4) is 0 Å². The van der Waals surface area contributed by atoms with Crippen molar-refractivity contribution in [3.05, 3.63) is 21.3 Å². The largest absolute Gasteiger partial charge is 0.315 e. The van der Waals surface area contributed by atoms with E-state index >= 15 is 0 Å². The zero-order valence-corrected chi connectivity index (χ0v) is 13.3. The molecule has 0 aromatic carbocycles. The Bertz CT molecular complexity index is 327. The van der Waals surface area contributed by atoms with E-state index < -0.39 is 0 Å². The van der Waals surface area contributed by atoms with Gasteiger partial charge in [0.1, 0.15) is 0 Å². The lowest BCUT2D eigenvalue weighted by Gasteiger charge is -2.24. The van der Waals surface area contributed by atoms with Crippen LogP contribution in [0.15, 0.2) is 12.1 Å². The summed E-state index contributed by atoms with van der Waals surface area (Å²) in [6.07, 6.45) is 3.90. The van der Waals surface area contributed by atoms with Gasteiger partial charge in [-0.3, -0.25) is 4.90 Å². The van der Waals surface area contributed by atoms with Crippen LogP contribution in [0.2, 0.25) is 4.34 Å². The van der Waals surface area contributed by atoms with E-state index in [2.05, 4.69) is 37.2 Å². The molecule has 2 nitrogen and oxygen atoms in total. The lowest BCUT2D eigenvalue weighted by atomic mass is 10.2. The quantitative estimate of drug-likeness (QED) is 0.691. The highest BCUT2D eigenvalue weighted by Gasteiger charge is 2.10. The van der Waals surface area contributed by atoms with Gasteiger partial charge in [0.15, 0.2) is 0 Å². The van der Waals surface area contributed by atoms with Crippen molar-refractivity contribution in [1.29, 1.82) is 0 Å². The molecule has 1 atom stereocenters. The number of hydrogen-bond acceptors (Lipinski definition) is 3. The van der Waals surface area contributed by atoms with Crippen LogP contribution in [0, 0.1) is 0 Å². The minimum atomic E-state index is 0.549. The molecule has 0 bridgehead atoms. The summed E-state index contributed by atoms with van der Waals surface area (Å²) in [6.45, 7) is 7.68. The molecule has 1 aromatic rings. The Labute approximate surface area is 120 Å². The van der Waals surface area contributed by atoms with Gasteiger partial charge in [-0.2, -0.15) is 0 Å². The molecule has 0 amide bonds. The third-order valence-corrected chi connectivity index (χ3v) is 4.40. The van der Waals surface area contributed by atoms with E-state index in [9.17, 15) is 0 Å². The number of nitrogens with one attached hydrogen (secondary N) is 1. The van der Waals surface area contributed by atoms with Crippen molar-refractivity contribution in [3.8, 4) is 0 Å². The zero-order chi connectivity index (χ0) is 13.4. The zero-order valence-electron chi connectivity index (χ0n) is 11.7. The highest BCUT2D eigenvalue weighted by atomic mass is 35.5. The predicted octanol–water partition coefficient (Wildman–Crippen LogP) is 4.00. The third kappa shape index (κ3) is 6.19. The molecule has 1 unspecified atom stereocenters. The second-order valence-electron chi connectivity index (χ2n) is 4.88. The summed E-state index contributed by atoms with van der Waals surface area (Å²) in [7, 11) is 2.17. The molecule has 0 radical (unpaired) electrons. The number of rotatable bonds is 9. The first kappa shape index (κ1) is 16.0. The molecular weight excluding hydrogens is 264 g/mol. The highest BCUT2D eigenvalue weighted by molar-refractivity contribution is 7.16. The fourth-order valence-corrected chi connectivity index (χ4v) is 2.96. The van der Waals surface area contributed by atoms with E-state index in [4.69, 9.17) is 11.6 Å². The molecule has 0 spiro atoms. The summed E-state index contributed by atoms with van der Waals surface area (Å²) >= 11 is 7.61. The molecule has 1 N–H and O–H groups in total. The minimum Gasteiger partial charge on any atom is -0.315 e. The Morgan fingerprint density at radius 3 is 2.78 bits per heavy atom. The van der Waals surface area contributed by atoms with Crippen molar-refractivity contribution in [2.24, 2.45) is 0 Å².